The molecule has 0 amide bonds. The summed E-state index contributed by atoms with van der Waals surface area (Å²) in [6.45, 7) is 0. The number of hydrogen-bond donors (Lipinski definition) is 1. The van der Waals surface area contributed by atoms with Crippen LogP contribution >= 0.6 is 27.5 Å². The van der Waals surface area contributed by atoms with Crippen molar-refractivity contribution in [2.45, 2.75) is 6.04 Å². The summed E-state index contributed by atoms with van der Waals surface area (Å²) in [5.41, 5.74) is 1.87. The van der Waals surface area contributed by atoms with E-state index in [4.69, 9.17) is 11.6 Å². The first-order valence-corrected chi connectivity index (χ1v) is 6.66. The minimum absolute atomic E-state index is 0.0775. The lowest BCUT2D eigenvalue weighted by atomic mass is 9.99. The molecule has 2 aromatic rings. The molecular weight excluding hydrogens is 317 g/mol. The standard InChI is InChI=1S/C14H12BrClFN/c1-18-14(9-3-2-4-11(16)7-9)10-5-6-12(15)13(17)8-10/h2-8,14,18H,1H3. The van der Waals surface area contributed by atoms with Gasteiger partial charge in [0, 0.05) is 5.02 Å². The van der Waals surface area contributed by atoms with E-state index in [0.717, 1.165) is 11.1 Å². The third-order valence-electron chi connectivity index (χ3n) is 2.75. The van der Waals surface area contributed by atoms with E-state index in [0.29, 0.717) is 9.50 Å². The molecule has 0 aromatic heterocycles. The lowest BCUT2D eigenvalue weighted by Gasteiger charge is -2.17. The zero-order valence-electron chi connectivity index (χ0n) is 9.75. The second-order valence-corrected chi connectivity index (χ2v) is 5.24. The highest BCUT2D eigenvalue weighted by molar-refractivity contribution is 9.10. The van der Waals surface area contributed by atoms with Crippen molar-refractivity contribution in [2.75, 3.05) is 7.05 Å². The van der Waals surface area contributed by atoms with Crippen LogP contribution in [0.5, 0.6) is 0 Å². The van der Waals surface area contributed by atoms with Crippen LogP contribution in [-0.2, 0) is 0 Å². The van der Waals surface area contributed by atoms with E-state index in [2.05, 4.69) is 21.2 Å². The molecule has 0 saturated heterocycles. The van der Waals surface area contributed by atoms with Crippen molar-refractivity contribution < 1.29 is 4.39 Å². The van der Waals surface area contributed by atoms with Crippen molar-refractivity contribution >= 4 is 27.5 Å². The molecule has 0 aliphatic carbocycles. The fourth-order valence-electron chi connectivity index (χ4n) is 1.90. The Morgan fingerprint density at radius 2 is 1.89 bits per heavy atom. The van der Waals surface area contributed by atoms with Crippen LogP contribution in [0.2, 0.25) is 5.02 Å². The normalized spacial score (nSPS) is 12.4. The van der Waals surface area contributed by atoms with Gasteiger partial charge in [-0.15, -0.1) is 0 Å². The van der Waals surface area contributed by atoms with Crippen molar-refractivity contribution in [1.82, 2.24) is 5.32 Å². The van der Waals surface area contributed by atoms with Crippen LogP contribution in [-0.4, -0.2) is 7.05 Å². The molecule has 0 radical (unpaired) electrons. The van der Waals surface area contributed by atoms with Crippen molar-refractivity contribution in [2.24, 2.45) is 0 Å². The summed E-state index contributed by atoms with van der Waals surface area (Å²) in [6.07, 6.45) is 0. The Morgan fingerprint density at radius 3 is 2.50 bits per heavy atom. The van der Waals surface area contributed by atoms with Gasteiger partial charge in [0.15, 0.2) is 0 Å². The van der Waals surface area contributed by atoms with Gasteiger partial charge in [-0.2, -0.15) is 0 Å². The third kappa shape index (κ3) is 2.91. The van der Waals surface area contributed by atoms with Crippen molar-refractivity contribution in [3.05, 3.63) is 68.9 Å². The number of benzene rings is 2. The SMILES string of the molecule is CNC(c1cccc(Cl)c1)c1ccc(Br)c(F)c1. The van der Waals surface area contributed by atoms with Crippen LogP contribution in [0.15, 0.2) is 46.9 Å². The molecule has 0 aliphatic heterocycles. The predicted molar refractivity (Wildman–Crippen MR) is 76.5 cm³/mol. The maximum atomic E-state index is 13.6. The Kier molecular flexibility index (Phi) is 4.38. The Bertz CT molecular complexity index is 559. The van der Waals surface area contributed by atoms with Gasteiger partial charge in [-0.25, -0.2) is 4.39 Å². The highest BCUT2D eigenvalue weighted by Crippen LogP contribution is 2.26. The third-order valence-corrected chi connectivity index (χ3v) is 3.63. The summed E-state index contributed by atoms with van der Waals surface area (Å²) in [5.74, 6) is -0.269. The minimum atomic E-state index is -0.269. The van der Waals surface area contributed by atoms with Gasteiger partial charge in [-0.3, -0.25) is 0 Å². The molecule has 94 valence electrons. The lowest BCUT2D eigenvalue weighted by molar-refractivity contribution is 0.610. The fraction of sp³-hybridized carbons (Fsp3) is 0.143. The van der Waals surface area contributed by atoms with Gasteiger partial charge in [-0.1, -0.05) is 29.8 Å². The molecule has 0 heterocycles. The van der Waals surface area contributed by atoms with E-state index >= 15 is 0 Å². The maximum absolute atomic E-state index is 13.6. The molecule has 1 unspecified atom stereocenters. The second kappa shape index (κ2) is 5.83. The van der Waals surface area contributed by atoms with E-state index < -0.39 is 0 Å². The number of rotatable bonds is 3. The van der Waals surface area contributed by atoms with E-state index in [1.54, 1.807) is 6.07 Å². The van der Waals surface area contributed by atoms with Gasteiger partial charge in [0.1, 0.15) is 5.82 Å². The Balaban J connectivity index is 2.42. The van der Waals surface area contributed by atoms with Gasteiger partial charge >= 0.3 is 0 Å². The van der Waals surface area contributed by atoms with Gasteiger partial charge in [0.2, 0.25) is 0 Å². The van der Waals surface area contributed by atoms with Crippen LogP contribution < -0.4 is 5.32 Å². The molecule has 0 saturated carbocycles. The van der Waals surface area contributed by atoms with E-state index in [9.17, 15) is 4.39 Å². The lowest BCUT2D eigenvalue weighted by Crippen LogP contribution is -2.17. The molecule has 1 nitrogen and oxygen atoms in total. The van der Waals surface area contributed by atoms with Crippen LogP contribution in [0, 0.1) is 5.82 Å². The van der Waals surface area contributed by atoms with Crippen molar-refractivity contribution in [3.8, 4) is 0 Å². The van der Waals surface area contributed by atoms with E-state index in [-0.39, 0.29) is 11.9 Å². The quantitative estimate of drug-likeness (QED) is 0.871. The highest BCUT2D eigenvalue weighted by atomic mass is 79.9. The summed E-state index contributed by atoms with van der Waals surface area (Å²) in [7, 11) is 1.84. The number of hydrogen-bond acceptors (Lipinski definition) is 1. The average molecular weight is 329 g/mol. The van der Waals surface area contributed by atoms with Crippen LogP contribution in [0.1, 0.15) is 17.2 Å². The molecule has 0 fully saturated rings. The van der Waals surface area contributed by atoms with E-state index in [1.165, 1.54) is 6.07 Å². The number of nitrogens with one attached hydrogen (secondary N) is 1. The zero-order valence-corrected chi connectivity index (χ0v) is 12.1. The molecule has 0 aliphatic rings. The van der Waals surface area contributed by atoms with Crippen LogP contribution in [0.4, 0.5) is 4.39 Å². The Morgan fingerprint density at radius 1 is 1.17 bits per heavy atom. The summed E-state index contributed by atoms with van der Waals surface area (Å²) < 4.78 is 14.0. The summed E-state index contributed by atoms with van der Waals surface area (Å²) >= 11 is 9.13. The molecule has 2 aromatic carbocycles. The molecular formula is C14H12BrClFN. The summed E-state index contributed by atoms with van der Waals surface area (Å²) in [6, 6.07) is 12.6. The van der Waals surface area contributed by atoms with Crippen molar-refractivity contribution in [1.29, 1.82) is 0 Å². The van der Waals surface area contributed by atoms with Gasteiger partial charge in [-0.05, 0) is 58.4 Å². The fourth-order valence-corrected chi connectivity index (χ4v) is 2.35. The largest absolute Gasteiger partial charge is 0.309 e. The minimum Gasteiger partial charge on any atom is -0.309 e. The van der Waals surface area contributed by atoms with E-state index in [1.807, 2.05) is 37.4 Å². The van der Waals surface area contributed by atoms with Gasteiger partial charge < -0.3 is 5.32 Å². The molecule has 1 atom stereocenters. The molecule has 0 spiro atoms. The topological polar surface area (TPSA) is 12.0 Å². The van der Waals surface area contributed by atoms with Crippen LogP contribution in [0.25, 0.3) is 0 Å². The van der Waals surface area contributed by atoms with Crippen molar-refractivity contribution in [3.63, 3.8) is 0 Å². The maximum Gasteiger partial charge on any atom is 0.137 e. The molecule has 4 heteroatoms. The Hall–Kier alpha value is -0.900. The molecule has 0 bridgehead atoms. The average Bonchev–Trinajstić information content (AvgIpc) is 2.35. The van der Waals surface area contributed by atoms with Crippen LogP contribution in [0.3, 0.4) is 0 Å². The Labute approximate surface area is 119 Å². The second-order valence-electron chi connectivity index (χ2n) is 3.95. The first-order chi connectivity index (χ1) is 8.61. The first-order valence-electron chi connectivity index (χ1n) is 5.49. The number of halogens is 3. The van der Waals surface area contributed by atoms with Gasteiger partial charge in [0.05, 0.1) is 10.5 Å². The predicted octanol–water partition coefficient (Wildman–Crippen LogP) is 4.55. The molecule has 2 rings (SSSR count). The smallest absolute Gasteiger partial charge is 0.137 e. The summed E-state index contributed by atoms with van der Waals surface area (Å²) in [4.78, 5) is 0. The van der Waals surface area contributed by atoms with Gasteiger partial charge in [0.25, 0.3) is 0 Å². The zero-order chi connectivity index (χ0) is 13.1. The molecule has 1 N–H and O–H groups in total. The summed E-state index contributed by atoms with van der Waals surface area (Å²) in [5, 5.41) is 3.84. The highest BCUT2D eigenvalue weighted by Gasteiger charge is 2.13. The monoisotopic (exact) mass is 327 g/mol. The molecule has 18 heavy (non-hydrogen) atoms. The first kappa shape index (κ1) is 13.5.